The van der Waals surface area contributed by atoms with Gasteiger partial charge in [0, 0.05) is 0 Å². The van der Waals surface area contributed by atoms with Gasteiger partial charge in [-0.05, 0) is 34.6 Å². The highest BCUT2D eigenvalue weighted by Gasteiger charge is 2.06. The molecule has 0 fully saturated rings. The summed E-state index contributed by atoms with van der Waals surface area (Å²) in [5, 5.41) is 2.56. The van der Waals surface area contributed by atoms with Crippen LogP contribution in [0, 0.1) is 11.5 Å². The molecule has 0 N–H and O–H groups in total. The molecule has 0 amide bonds. The van der Waals surface area contributed by atoms with Crippen LogP contribution in [0.25, 0.3) is 16.8 Å². The summed E-state index contributed by atoms with van der Waals surface area (Å²) in [6.45, 7) is 6.76. The van der Waals surface area contributed by atoms with Gasteiger partial charge in [0.2, 0.25) is 0 Å². The van der Waals surface area contributed by atoms with Gasteiger partial charge in [-0.2, -0.15) is 0 Å². The van der Waals surface area contributed by atoms with Crippen molar-refractivity contribution in [1.29, 1.82) is 0 Å². The van der Waals surface area contributed by atoms with Crippen LogP contribution in [0.15, 0.2) is 48.5 Å². The molecule has 1 heteroatoms. The molecule has 2 aromatic carbocycles. The number of fused-ring (bicyclic) bond motifs is 1. The minimum absolute atomic E-state index is 1.21. The lowest BCUT2D eigenvalue weighted by atomic mass is 10.1. The molecule has 0 unspecified atom stereocenters. The topological polar surface area (TPSA) is 0 Å². The Hall–Kier alpha value is -1.78. The van der Waals surface area contributed by atoms with Gasteiger partial charge >= 0.3 is 0 Å². The molecule has 90 valence electrons. The average Bonchev–Trinajstić information content (AvgIpc) is 2.33. The van der Waals surface area contributed by atoms with Crippen molar-refractivity contribution in [2.45, 2.75) is 19.6 Å². The van der Waals surface area contributed by atoms with Gasteiger partial charge in [0.05, 0.1) is 0 Å². The van der Waals surface area contributed by atoms with Crippen molar-refractivity contribution in [3.8, 4) is 11.5 Å². The summed E-state index contributed by atoms with van der Waals surface area (Å²) in [7, 11) is -1.25. The normalized spacial score (nSPS) is 11.5. The third-order valence-electron chi connectivity index (χ3n) is 2.58. The Balaban J connectivity index is 2.21. The average molecular weight is 250 g/mol. The zero-order chi connectivity index (χ0) is 13.0. The highest BCUT2D eigenvalue weighted by Crippen LogP contribution is 2.16. The van der Waals surface area contributed by atoms with Crippen molar-refractivity contribution >= 4 is 24.9 Å². The van der Waals surface area contributed by atoms with Gasteiger partial charge in [0.1, 0.15) is 8.07 Å². The van der Waals surface area contributed by atoms with Crippen LogP contribution in [0.1, 0.15) is 5.56 Å². The zero-order valence-electron chi connectivity index (χ0n) is 11.2. The third kappa shape index (κ3) is 3.61. The lowest BCUT2D eigenvalue weighted by Gasteiger charge is -2.02. The van der Waals surface area contributed by atoms with E-state index < -0.39 is 8.07 Å². The summed E-state index contributed by atoms with van der Waals surface area (Å²) in [6.07, 6.45) is 4.04. The van der Waals surface area contributed by atoms with Crippen LogP contribution in [0.4, 0.5) is 0 Å². The molecule has 0 aliphatic carbocycles. The van der Waals surface area contributed by atoms with E-state index in [4.69, 9.17) is 0 Å². The fraction of sp³-hybridized carbons (Fsp3) is 0.176. The first-order valence-electron chi connectivity index (χ1n) is 6.23. The van der Waals surface area contributed by atoms with Gasteiger partial charge in [-0.15, -0.1) is 5.54 Å². The summed E-state index contributed by atoms with van der Waals surface area (Å²) < 4.78 is 0. The van der Waals surface area contributed by atoms with E-state index in [9.17, 15) is 0 Å². The van der Waals surface area contributed by atoms with E-state index >= 15 is 0 Å². The Kier molecular flexibility index (Phi) is 3.69. The molecule has 0 saturated carbocycles. The molecular weight excluding hydrogens is 232 g/mol. The lowest BCUT2D eigenvalue weighted by molar-refractivity contribution is 1.71. The van der Waals surface area contributed by atoms with E-state index in [1.54, 1.807) is 0 Å². The van der Waals surface area contributed by atoms with Crippen LogP contribution < -0.4 is 0 Å². The minimum atomic E-state index is -1.25. The van der Waals surface area contributed by atoms with E-state index in [2.05, 4.69) is 79.6 Å². The standard InChI is InChI=1S/C17H18Si/c1-18(2,3)13-7-6-8-15-11-12-16-9-4-5-10-17(16)14-15/h4-6,8-12,14H,1-3H3/b8-6-. The Labute approximate surface area is 110 Å². The first-order chi connectivity index (χ1) is 8.54. The second-order valence-corrected chi connectivity index (χ2v) is 10.2. The summed E-state index contributed by atoms with van der Waals surface area (Å²) in [6, 6.07) is 14.9. The van der Waals surface area contributed by atoms with Crippen LogP contribution in [0.3, 0.4) is 0 Å². The molecule has 18 heavy (non-hydrogen) atoms. The monoisotopic (exact) mass is 250 g/mol. The summed E-state index contributed by atoms with van der Waals surface area (Å²) in [5.74, 6) is 3.15. The van der Waals surface area contributed by atoms with Crippen LogP contribution in [-0.4, -0.2) is 8.07 Å². The minimum Gasteiger partial charge on any atom is -0.127 e. The lowest BCUT2D eigenvalue weighted by Crippen LogP contribution is -2.16. The maximum Gasteiger partial charge on any atom is 0.129 e. The maximum atomic E-state index is 3.33. The van der Waals surface area contributed by atoms with E-state index in [0.29, 0.717) is 0 Å². The number of rotatable bonds is 1. The largest absolute Gasteiger partial charge is 0.129 e. The van der Waals surface area contributed by atoms with Crippen LogP contribution >= 0.6 is 0 Å². The quantitative estimate of drug-likeness (QED) is 0.507. The molecular formula is C17H18Si. The molecule has 0 aromatic heterocycles. The van der Waals surface area contributed by atoms with Crippen molar-refractivity contribution in [2.75, 3.05) is 0 Å². The fourth-order valence-electron chi connectivity index (χ4n) is 1.71. The molecule has 0 saturated heterocycles. The number of benzene rings is 2. The van der Waals surface area contributed by atoms with Gasteiger partial charge in [-0.1, -0.05) is 62.0 Å². The van der Waals surface area contributed by atoms with Crippen molar-refractivity contribution < 1.29 is 0 Å². The van der Waals surface area contributed by atoms with Crippen LogP contribution in [0.5, 0.6) is 0 Å². The number of allylic oxidation sites excluding steroid dienone is 1. The Morgan fingerprint density at radius 3 is 2.39 bits per heavy atom. The first-order valence-corrected chi connectivity index (χ1v) is 9.73. The second kappa shape index (κ2) is 5.24. The zero-order valence-corrected chi connectivity index (χ0v) is 12.2. The van der Waals surface area contributed by atoms with Gasteiger partial charge in [0.15, 0.2) is 0 Å². The SMILES string of the molecule is C[Si](C)(C)C#C/C=C\c1ccc2ccccc2c1. The molecule has 0 heterocycles. The molecule has 0 radical (unpaired) electrons. The van der Waals surface area contributed by atoms with Crippen molar-refractivity contribution in [3.63, 3.8) is 0 Å². The second-order valence-electron chi connectivity index (χ2n) is 5.46. The van der Waals surface area contributed by atoms with Gasteiger partial charge in [0.25, 0.3) is 0 Å². The molecule has 0 spiro atoms. The van der Waals surface area contributed by atoms with Crippen LogP contribution in [0.2, 0.25) is 19.6 Å². The third-order valence-corrected chi connectivity index (χ3v) is 3.47. The van der Waals surface area contributed by atoms with Crippen molar-refractivity contribution in [3.05, 3.63) is 54.1 Å². The first kappa shape index (κ1) is 12.7. The number of hydrogen-bond acceptors (Lipinski definition) is 0. The summed E-state index contributed by atoms with van der Waals surface area (Å²) in [5.41, 5.74) is 4.54. The Bertz CT molecular complexity index is 634. The van der Waals surface area contributed by atoms with Crippen molar-refractivity contribution in [2.24, 2.45) is 0 Å². The van der Waals surface area contributed by atoms with Gasteiger partial charge in [-0.3, -0.25) is 0 Å². The van der Waals surface area contributed by atoms with Crippen LogP contribution in [-0.2, 0) is 0 Å². The molecule has 0 bridgehead atoms. The fourth-order valence-corrected chi connectivity index (χ4v) is 2.22. The number of hydrogen-bond donors (Lipinski definition) is 0. The molecule has 0 nitrogen and oxygen atoms in total. The Morgan fingerprint density at radius 1 is 0.944 bits per heavy atom. The van der Waals surface area contributed by atoms with Gasteiger partial charge in [-0.25, -0.2) is 0 Å². The smallest absolute Gasteiger partial charge is 0.127 e. The predicted octanol–water partition coefficient (Wildman–Crippen LogP) is 4.73. The molecule has 2 aromatic rings. The van der Waals surface area contributed by atoms with E-state index in [-0.39, 0.29) is 0 Å². The molecule has 0 aliphatic heterocycles. The highest BCUT2D eigenvalue weighted by atomic mass is 28.3. The maximum absolute atomic E-state index is 3.33. The molecule has 2 rings (SSSR count). The Morgan fingerprint density at radius 2 is 1.67 bits per heavy atom. The predicted molar refractivity (Wildman–Crippen MR) is 84.1 cm³/mol. The van der Waals surface area contributed by atoms with Gasteiger partial charge < -0.3 is 0 Å². The molecule has 0 atom stereocenters. The highest BCUT2D eigenvalue weighted by molar-refractivity contribution is 6.83. The summed E-state index contributed by atoms with van der Waals surface area (Å²) in [4.78, 5) is 0. The summed E-state index contributed by atoms with van der Waals surface area (Å²) >= 11 is 0. The van der Waals surface area contributed by atoms with E-state index in [1.165, 1.54) is 16.3 Å². The van der Waals surface area contributed by atoms with E-state index in [1.807, 2.05) is 6.08 Å². The van der Waals surface area contributed by atoms with Crippen molar-refractivity contribution in [1.82, 2.24) is 0 Å². The molecule has 0 aliphatic rings. The van der Waals surface area contributed by atoms with E-state index in [0.717, 1.165) is 0 Å².